The summed E-state index contributed by atoms with van der Waals surface area (Å²) in [4.78, 5) is 34.4. The average Bonchev–Trinajstić information content (AvgIpc) is 3.73. The van der Waals surface area contributed by atoms with Crippen molar-refractivity contribution in [3.05, 3.63) is 77.9 Å². The second-order valence-corrected chi connectivity index (χ2v) is 9.83. The van der Waals surface area contributed by atoms with Gasteiger partial charge in [0, 0.05) is 37.8 Å². The number of ether oxygens (including phenoxy) is 1. The highest BCUT2D eigenvalue weighted by molar-refractivity contribution is 5.95. The zero-order valence-corrected chi connectivity index (χ0v) is 22.4. The van der Waals surface area contributed by atoms with Crippen LogP contribution in [0.25, 0.3) is 0 Å². The van der Waals surface area contributed by atoms with Crippen LogP contribution in [0, 0.1) is 5.82 Å². The van der Waals surface area contributed by atoms with Gasteiger partial charge in [-0.2, -0.15) is 5.48 Å². The molecule has 1 unspecified atom stereocenters. The molecular formula is C28H34FN5O6. The zero-order chi connectivity index (χ0) is 28.0. The van der Waals surface area contributed by atoms with E-state index in [1.165, 1.54) is 18.6 Å². The highest BCUT2D eigenvalue weighted by Crippen LogP contribution is 2.33. The van der Waals surface area contributed by atoms with Gasteiger partial charge >= 0.3 is 0 Å². The Labute approximate surface area is 231 Å². The molecule has 4 heterocycles. The van der Waals surface area contributed by atoms with Gasteiger partial charge in [-0.25, -0.2) is 4.39 Å². The highest BCUT2D eigenvalue weighted by Gasteiger charge is 2.43. The van der Waals surface area contributed by atoms with Crippen molar-refractivity contribution >= 4 is 11.8 Å². The topological polar surface area (TPSA) is 121 Å². The van der Waals surface area contributed by atoms with Crippen LogP contribution in [0.15, 0.2) is 63.8 Å². The summed E-state index contributed by atoms with van der Waals surface area (Å²) in [5, 5.41) is 5.81. The van der Waals surface area contributed by atoms with Crippen molar-refractivity contribution in [1.29, 1.82) is 0 Å². The van der Waals surface area contributed by atoms with Gasteiger partial charge in [0.1, 0.15) is 30.1 Å². The molecule has 1 aromatic carbocycles. The minimum absolute atomic E-state index is 0.112. The molecule has 0 bridgehead atoms. The summed E-state index contributed by atoms with van der Waals surface area (Å²) < 4.78 is 31.6. The molecule has 2 aromatic heterocycles. The van der Waals surface area contributed by atoms with E-state index in [-0.39, 0.29) is 18.4 Å². The van der Waals surface area contributed by atoms with E-state index in [9.17, 15) is 9.59 Å². The van der Waals surface area contributed by atoms with E-state index in [0.717, 1.165) is 32.5 Å². The number of nitrogens with zero attached hydrogens (tertiary/aromatic N) is 2. The molecule has 2 aliphatic rings. The number of carbonyl (C=O) groups is 2. The number of hydroxylamine groups is 1. The first kappa shape index (κ1) is 27.8. The number of halogens is 1. The Hall–Kier alpha value is -3.71. The summed E-state index contributed by atoms with van der Waals surface area (Å²) in [6.07, 6.45) is 4.53. The first-order valence-corrected chi connectivity index (χ1v) is 13.4. The lowest BCUT2D eigenvalue weighted by molar-refractivity contribution is -0.132. The maximum absolute atomic E-state index is 15.2. The van der Waals surface area contributed by atoms with Gasteiger partial charge in [0.05, 0.1) is 19.1 Å². The number of benzene rings is 1. The number of amides is 2. The molecule has 11 nitrogen and oxygen atoms in total. The van der Waals surface area contributed by atoms with Crippen LogP contribution in [-0.4, -0.2) is 73.7 Å². The van der Waals surface area contributed by atoms with Crippen LogP contribution in [-0.2, 0) is 15.3 Å². The quantitative estimate of drug-likeness (QED) is 0.324. The van der Waals surface area contributed by atoms with Crippen molar-refractivity contribution in [3.8, 4) is 5.75 Å². The lowest BCUT2D eigenvalue weighted by Gasteiger charge is -2.26. The summed E-state index contributed by atoms with van der Waals surface area (Å²) in [6, 6.07) is 10.8. The smallest absolute Gasteiger partial charge is 0.287 e. The summed E-state index contributed by atoms with van der Waals surface area (Å²) >= 11 is 0. The molecule has 0 aliphatic carbocycles. The van der Waals surface area contributed by atoms with Gasteiger partial charge in [0.15, 0.2) is 11.4 Å². The third kappa shape index (κ3) is 6.20. The number of nitrogens with one attached hydrogen (secondary N) is 3. The molecule has 0 radical (unpaired) electrons. The van der Waals surface area contributed by atoms with Gasteiger partial charge in [0.2, 0.25) is 5.91 Å². The predicted molar refractivity (Wildman–Crippen MR) is 141 cm³/mol. The number of carbonyl (C=O) groups excluding carboxylic acids is 2. The lowest BCUT2D eigenvalue weighted by atomic mass is 9.97. The van der Waals surface area contributed by atoms with Crippen LogP contribution in [0.4, 0.5) is 4.39 Å². The van der Waals surface area contributed by atoms with E-state index in [1.54, 1.807) is 48.2 Å². The minimum atomic E-state index is -1.11. The van der Waals surface area contributed by atoms with Gasteiger partial charge in [-0.05, 0) is 62.7 Å². The fourth-order valence-electron chi connectivity index (χ4n) is 5.03. The van der Waals surface area contributed by atoms with Gasteiger partial charge < -0.3 is 28.7 Å². The molecule has 2 aliphatic heterocycles. The second-order valence-electron chi connectivity index (χ2n) is 9.83. The Balaban J connectivity index is 1.06. The van der Waals surface area contributed by atoms with E-state index in [1.807, 2.05) is 0 Å². The normalized spacial score (nSPS) is 20.7. The Morgan fingerprint density at radius 2 is 1.98 bits per heavy atom. The molecule has 0 spiro atoms. The van der Waals surface area contributed by atoms with E-state index < -0.39 is 23.4 Å². The summed E-state index contributed by atoms with van der Waals surface area (Å²) in [5.41, 5.74) is 2.06. The fraction of sp³-hybridized carbons (Fsp3) is 0.429. The van der Waals surface area contributed by atoms with Crippen molar-refractivity contribution in [2.45, 2.75) is 31.5 Å². The largest absolute Gasteiger partial charge is 0.493 e. The molecule has 2 atom stereocenters. The first-order chi connectivity index (χ1) is 19.5. The molecule has 40 heavy (non-hydrogen) atoms. The predicted octanol–water partition coefficient (Wildman–Crippen LogP) is 2.42. The molecule has 2 fully saturated rings. The Morgan fingerprint density at radius 1 is 1.12 bits per heavy atom. The van der Waals surface area contributed by atoms with Crippen molar-refractivity contribution in [2.24, 2.45) is 0 Å². The van der Waals surface area contributed by atoms with Crippen LogP contribution >= 0.6 is 0 Å². The van der Waals surface area contributed by atoms with E-state index in [4.69, 9.17) is 18.4 Å². The summed E-state index contributed by atoms with van der Waals surface area (Å²) in [7, 11) is 0. The maximum atomic E-state index is 15.2. The van der Waals surface area contributed by atoms with Gasteiger partial charge in [0.25, 0.3) is 5.91 Å². The van der Waals surface area contributed by atoms with E-state index >= 15 is 4.39 Å². The van der Waals surface area contributed by atoms with Gasteiger partial charge in [-0.15, -0.1) is 0 Å². The summed E-state index contributed by atoms with van der Waals surface area (Å²) in [6.45, 7) is 5.90. The van der Waals surface area contributed by atoms with Crippen molar-refractivity contribution in [1.82, 2.24) is 25.9 Å². The average molecular weight is 556 g/mol. The summed E-state index contributed by atoms with van der Waals surface area (Å²) in [5.74, 6) is 0.133. The molecule has 214 valence electrons. The van der Waals surface area contributed by atoms with Crippen molar-refractivity contribution < 1.29 is 32.4 Å². The Morgan fingerprint density at radius 3 is 2.70 bits per heavy atom. The Kier molecular flexibility index (Phi) is 8.80. The van der Waals surface area contributed by atoms with Crippen LogP contribution in [0.1, 0.15) is 41.6 Å². The maximum Gasteiger partial charge on any atom is 0.287 e. The number of rotatable bonds is 10. The van der Waals surface area contributed by atoms with Crippen LogP contribution in [0.5, 0.6) is 5.75 Å². The van der Waals surface area contributed by atoms with Gasteiger partial charge in [-0.1, -0.05) is 0 Å². The highest BCUT2D eigenvalue weighted by atomic mass is 19.1. The second kappa shape index (κ2) is 12.6. The number of hydrogen-bond donors (Lipinski definition) is 3. The molecule has 2 saturated heterocycles. The molecular weight excluding hydrogens is 521 g/mol. The number of furan rings is 2. The SMILES string of the molecule is C[C@H](NC(=O)c1ccco1)C(=O)N1CCCN(CCCOc2ccc(C3(c4ccco4)NCON3)c(F)c2)CC1. The van der Waals surface area contributed by atoms with Crippen molar-refractivity contribution in [2.75, 3.05) is 46.1 Å². The van der Waals surface area contributed by atoms with Crippen LogP contribution < -0.4 is 20.9 Å². The van der Waals surface area contributed by atoms with Crippen LogP contribution in [0.3, 0.4) is 0 Å². The van der Waals surface area contributed by atoms with Crippen LogP contribution in [0.2, 0.25) is 0 Å². The fourth-order valence-corrected chi connectivity index (χ4v) is 5.03. The van der Waals surface area contributed by atoms with Crippen molar-refractivity contribution in [3.63, 3.8) is 0 Å². The minimum Gasteiger partial charge on any atom is -0.493 e. The molecule has 2 amide bonds. The van der Waals surface area contributed by atoms with E-state index in [2.05, 4.69) is 21.0 Å². The number of hydrogen-bond acceptors (Lipinski definition) is 9. The molecule has 5 rings (SSSR count). The lowest BCUT2D eigenvalue weighted by Crippen LogP contribution is -2.48. The molecule has 3 aromatic rings. The third-order valence-electron chi connectivity index (χ3n) is 7.12. The molecule has 3 N–H and O–H groups in total. The standard InChI is InChI=1S/C28H34FN5O6/c1-20(31-26(35)24-6-2-15-38-24)27(36)34-12-4-10-33(13-14-34)11-5-17-37-21-8-9-22(23(29)18-21)28(30-19-40-32-28)25-7-3-16-39-25/h2-3,6-9,15-16,18,20,30,32H,4-5,10-14,17,19H2,1H3,(H,31,35)/t20-,28?/m0/s1. The first-order valence-electron chi connectivity index (χ1n) is 13.4. The molecule has 12 heteroatoms. The van der Waals surface area contributed by atoms with E-state index in [0.29, 0.717) is 36.8 Å². The monoisotopic (exact) mass is 555 g/mol. The third-order valence-corrected chi connectivity index (χ3v) is 7.12. The Bertz CT molecular complexity index is 1260. The van der Waals surface area contributed by atoms with Gasteiger partial charge in [-0.3, -0.25) is 19.7 Å². The molecule has 0 saturated carbocycles. The zero-order valence-electron chi connectivity index (χ0n) is 22.4.